The molecule has 8 aromatic carbocycles. The molecule has 0 unspecified atom stereocenters. The Kier molecular flexibility index (Phi) is 51.9. The molecule has 35 heteroatoms. The van der Waals surface area contributed by atoms with E-state index in [1.165, 1.54) is 24.3 Å². The predicted octanol–water partition coefficient (Wildman–Crippen LogP) is 7.35. The van der Waals surface area contributed by atoms with Crippen molar-refractivity contribution in [1.82, 2.24) is 16.0 Å². The van der Waals surface area contributed by atoms with Gasteiger partial charge in [-0.3, -0.25) is 41.4 Å². The number of anilines is 6. The first-order valence-electron chi connectivity index (χ1n) is 37.9. The van der Waals surface area contributed by atoms with Gasteiger partial charge in [0.2, 0.25) is 5.91 Å². The van der Waals surface area contributed by atoms with Gasteiger partial charge in [0, 0.05) is 81.4 Å². The Morgan fingerprint density at radius 2 is 0.850 bits per heavy atom. The van der Waals surface area contributed by atoms with E-state index in [1.807, 2.05) is 116 Å². The van der Waals surface area contributed by atoms with Gasteiger partial charge in [-0.1, -0.05) is 127 Å². The first kappa shape index (κ1) is 108. The number of nitrogens with one attached hydrogen (secondary N) is 6. The number of hydrogen-bond donors (Lipinski definition) is 9. The number of benzene rings is 8. The third kappa shape index (κ3) is 40.5. The number of carbonyl (C=O) groups is 7. The Balaban J connectivity index is 0.00000151. The van der Waals surface area contributed by atoms with E-state index in [0.717, 1.165) is 59.1 Å². The van der Waals surface area contributed by atoms with Gasteiger partial charge in [0.25, 0.3) is 26.5 Å². The quantitative estimate of drug-likeness (QED) is 0.00638. The first-order chi connectivity index (χ1) is 56.5. The van der Waals surface area contributed by atoms with Crippen molar-refractivity contribution in [3.05, 3.63) is 239 Å². The molecule has 3 amide bonds. The van der Waals surface area contributed by atoms with Crippen molar-refractivity contribution in [3.63, 3.8) is 0 Å². The van der Waals surface area contributed by atoms with Crippen molar-refractivity contribution < 1.29 is 203 Å². The van der Waals surface area contributed by atoms with Crippen LogP contribution in [0.2, 0.25) is 0 Å². The van der Waals surface area contributed by atoms with Gasteiger partial charge >= 0.3 is 121 Å². The number of sulfonamides is 2. The largest absolute Gasteiger partial charge is 1.00 e. The van der Waals surface area contributed by atoms with Gasteiger partial charge in [-0.05, 0) is 180 Å². The number of ketones is 2. The number of Topliss-reactive ketones (excluding diaryl/α,β-unsaturated/α-hetero) is 2. The minimum atomic E-state index is -4.10. The van der Waals surface area contributed by atoms with Crippen LogP contribution in [0.15, 0.2) is 204 Å². The van der Waals surface area contributed by atoms with Crippen LogP contribution in [0.3, 0.4) is 0 Å². The molecule has 0 bridgehead atoms. The smallest absolute Gasteiger partial charge is 1.00 e. The molecule has 644 valence electrons. The summed E-state index contributed by atoms with van der Waals surface area (Å²) >= 11 is 0. The number of amides is 3. The van der Waals surface area contributed by atoms with E-state index >= 15 is 0 Å². The number of aryl methyl sites for hydroxylation is 2. The fourth-order valence-corrected chi connectivity index (χ4v) is 14.0. The third-order valence-corrected chi connectivity index (χ3v) is 19.8. The maximum Gasteiger partial charge on any atom is 1.00 e. The number of para-hydroxylation sites is 2. The molecule has 0 aromatic heterocycles. The second-order valence-corrected chi connectivity index (χ2v) is 31.5. The number of carbonyl (C=O) groups excluding carboxylic acids is 6. The van der Waals surface area contributed by atoms with Crippen LogP contribution in [0.1, 0.15) is 115 Å². The number of alkyl carbamates (subject to hydrolysis) is 2. The zero-order chi connectivity index (χ0) is 88.7. The summed E-state index contributed by atoms with van der Waals surface area (Å²) in [5.41, 5.74) is 20.9. The summed E-state index contributed by atoms with van der Waals surface area (Å²) in [6, 6.07) is 53.4. The number of carboxylic acid groups (broad SMARTS) is 1. The van der Waals surface area contributed by atoms with Crippen molar-refractivity contribution >= 4 is 96.3 Å². The van der Waals surface area contributed by atoms with Gasteiger partial charge in [-0.2, -0.15) is 0 Å². The number of aliphatic carboxylic acids is 1. The zero-order valence-electron chi connectivity index (χ0n) is 71.6. The second kappa shape index (κ2) is 57.8. The summed E-state index contributed by atoms with van der Waals surface area (Å²) in [6.45, 7) is 17.3. The maximum absolute atomic E-state index is 13.7. The molecule has 11 N–H and O–H groups in total. The van der Waals surface area contributed by atoms with E-state index in [4.69, 9.17) is 37.5 Å². The van der Waals surface area contributed by atoms with Gasteiger partial charge in [-0.15, -0.1) is 0 Å². The fraction of sp³-hybridized carbons (Fsp3) is 0.353. The number of nitrogens with zero attached hydrogens (tertiary/aromatic N) is 2. The van der Waals surface area contributed by atoms with E-state index < -0.39 is 100 Å². The summed E-state index contributed by atoms with van der Waals surface area (Å²) in [7, 11) is -9.17. The van der Waals surface area contributed by atoms with Crippen LogP contribution < -0.4 is 160 Å². The zero-order valence-corrected chi connectivity index (χ0v) is 77.4. The number of hydrogen-bond acceptors (Lipinski definition) is 20. The Hall–Kier alpha value is -8.41. The molecule has 0 aliphatic carbocycles. The van der Waals surface area contributed by atoms with Crippen LogP contribution >= 0.6 is 0 Å². The van der Waals surface area contributed by atoms with E-state index in [9.17, 15) is 67.6 Å². The molecule has 2 atom stereocenters. The van der Waals surface area contributed by atoms with Gasteiger partial charge in [0.05, 0.1) is 49.2 Å². The number of rotatable bonds is 26. The molecule has 0 radical (unpaired) electrons. The summed E-state index contributed by atoms with van der Waals surface area (Å²) in [5.74, 6) is -2.40. The number of ether oxygens (including phenoxy) is 2. The number of alkyl halides is 5. The number of carboxylic acids is 1. The molecular weight excluding hydrogens is 1650 g/mol. The SMILES string of the molecule is CC(C)(C)OC(=O)NCc1ccc(N)cc1.CC(C)(C)OC(=O)NCc1ccc(NCCF)cc1.CCCF.Cc1ccc(S(=O)(=O)N2c3ccccc3CC(=O)[C@H]2CC(=O)NCc2ccc(NCCF)cc2)cc1.Cc1ccc(S(=O)(=O)N2c3ccccc3CC(=O)[C@H]2CC(=O)O)cc1.NCc1ccc(NCCF)cc1.O=CO[O-].[2H]CF.[H-].[K+].[K+]. The summed E-state index contributed by atoms with van der Waals surface area (Å²) in [4.78, 5) is 83.8. The summed E-state index contributed by atoms with van der Waals surface area (Å²) < 4.78 is 128. The Morgan fingerprint density at radius 1 is 0.542 bits per heavy atom. The second-order valence-electron chi connectivity index (χ2n) is 27.9. The van der Waals surface area contributed by atoms with Crippen molar-refractivity contribution in [2.45, 2.75) is 154 Å². The molecular formula is C85H109F5K2N10O16S2. The number of halogens is 5. The molecule has 26 nitrogen and oxygen atoms in total. The molecule has 2 aliphatic heterocycles. The van der Waals surface area contributed by atoms with Crippen LogP contribution in [0.5, 0.6) is 0 Å². The predicted molar refractivity (Wildman–Crippen MR) is 447 cm³/mol. The Labute approximate surface area is 788 Å². The molecule has 8 aromatic rings. The average molecular weight is 1770 g/mol. The van der Waals surface area contributed by atoms with Crippen molar-refractivity contribution in [2.24, 2.45) is 5.73 Å². The molecule has 0 saturated carbocycles. The van der Waals surface area contributed by atoms with E-state index in [2.05, 4.69) is 36.8 Å². The van der Waals surface area contributed by atoms with E-state index in [-0.39, 0.29) is 172 Å². The van der Waals surface area contributed by atoms with Crippen LogP contribution in [0.4, 0.5) is 65.7 Å². The molecule has 2 aliphatic rings. The minimum Gasteiger partial charge on any atom is -1.00 e. The molecule has 0 fully saturated rings. The standard InChI is InChI=1S/C27H28FN3O4S.C18H17NO5S.C14H21FN2O2.C12H18N2O2.C9H13FN2.C3H7F.CH3F.CH2O3.2K.H/c1-19-6-12-23(13-7-19)36(34,35)31-24-5-3-2-4-21(24)16-26(32)25(31)17-27(33)30-18-20-8-10-22(11-9-20)29-15-14-28;1-12-6-8-14(9-7-12)25(23,24)19-15-5-3-2-4-13(15)10-17(20)16(19)11-18(21)22;1-14(2,3)19-13(18)17-10-11-4-6-12(7-5-11)16-9-8-15;1-12(2,3)16-11(15)14-8-9-4-6-10(13)7-5-9;10-5-6-12-9-3-1-8(7-11)2-4-9;1-2-3-4;1-2;2-1-4-3;;;/h2-13,25,29H,14-18H2,1H3,(H,30,33);2-9,16H,10-11H2,1H3,(H,21,22);4-7,16H,8-10H2,1-3H3,(H,17,18);4-7H,8,13H2,1-3H3,(H,14,15);1-4,12H,5-7,11H2;2-3H2,1H3;1H3;1,3H;;;/q;;;;;;;;2*+1;-1/p-1/t25-;16-;;;;;;;;;/m11........./s1/i;;;;;;1D;;;;. The monoisotopic (exact) mass is 1760 g/mol. The molecule has 2 heterocycles. The van der Waals surface area contributed by atoms with E-state index in [0.29, 0.717) is 67.3 Å². The van der Waals surface area contributed by atoms with Crippen LogP contribution in [-0.4, -0.2) is 141 Å². The van der Waals surface area contributed by atoms with E-state index in [1.54, 1.807) is 116 Å². The normalized spacial score (nSPS) is 12.9. The third-order valence-electron chi connectivity index (χ3n) is 16.1. The van der Waals surface area contributed by atoms with Gasteiger partial charge in [0.1, 0.15) is 43.3 Å². The Morgan fingerprint density at radius 3 is 1.15 bits per heavy atom. The number of fused-ring (bicyclic) bond motifs is 2. The van der Waals surface area contributed by atoms with Crippen molar-refractivity contribution in [3.8, 4) is 0 Å². The molecule has 10 rings (SSSR count). The summed E-state index contributed by atoms with van der Waals surface area (Å²) in [6.07, 6.45) is -0.987. The van der Waals surface area contributed by atoms with Crippen molar-refractivity contribution in [2.75, 3.05) is 83.8 Å². The van der Waals surface area contributed by atoms with Crippen molar-refractivity contribution in [1.29, 1.82) is 0 Å². The molecule has 0 spiro atoms. The minimum absolute atomic E-state index is 0. The fourth-order valence-electron chi connectivity index (χ4n) is 10.6. The van der Waals surface area contributed by atoms with Crippen LogP contribution in [0.25, 0.3) is 0 Å². The van der Waals surface area contributed by atoms with Gasteiger partial charge in [0.15, 0.2) is 11.6 Å². The number of nitrogen functional groups attached to an aromatic ring is 1. The van der Waals surface area contributed by atoms with Gasteiger partial charge < -0.3 is 69.5 Å². The topological polar surface area (TPSA) is 389 Å². The first-order valence-corrected chi connectivity index (χ1v) is 40.1. The number of nitrogens with two attached hydrogens (primary N) is 2. The maximum atomic E-state index is 13.7. The average Bonchev–Trinajstić information content (AvgIpc) is 0.755. The molecule has 0 saturated heterocycles. The summed E-state index contributed by atoms with van der Waals surface area (Å²) in [5, 5.41) is 34.5. The van der Waals surface area contributed by atoms with Gasteiger partial charge in [-0.25, -0.2) is 39.6 Å². The van der Waals surface area contributed by atoms with Crippen LogP contribution in [0, 0.1) is 13.8 Å². The molecule has 120 heavy (non-hydrogen) atoms. The van der Waals surface area contributed by atoms with Crippen LogP contribution in [-0.2, 0) is 97.4 Å². The Bertz CT molecular complexity index is 4660.